The lowest BCUT2D eigenvalue weighted by Gasteiger charge is -2.24. The van der Waals surface area contributed by atoms with Gasteiger partial charge in [0.2, 0.25) is 5.91 Å². The van der Waals surface area contributed by atoms with Gasteiger partial charge in [-0.3, -0.25) is 9.78 Å². The molecule has 2 amide bonds. The number of aromatic nitrogens is 1. The Hall–Kier alpha value is -3.15. The highest BCUT2D eigenvalue weighted by molar-refractivity contribution is 5.97. The van der Waals surface area contributed by atoms with Gasteiger partial charge < -0.3 is 15.4 Å². The van der Waals surface area contributed by atoms with E-state index in [1.165, 1.54) is 0 Å². The average molecular weight is 393 g/mol. The minimum atomic E-state index is -0.586. The van der Waals surface area contributed by atoms with E-state index in [-0.39, 0.29) is 17.9 Å². The fraction of sp³-hybridized carbons (Fsp3) is 0.348. The van der Waals surface area contributed by atoms with Crippen LogP contribution in [0.5, 0.6) is 0 Å². The molecule has 3 rings (SSSR count). The first-order valence-corrected chi connectivity index (χ1v) is 9.74. The number of rotatable bonds is 1. The number of pyridine rings is 1. The number of benzene rings is 1. The van der Waals surface area contributed by atoms with E-state index in [9.17, 15) is 9.59 Å². The normalized spacial score (nSPS) is 20.3. The average Bonchev–Trinajstić information content (AvgIpc) is 2.65. The number of fused-ring (bicyclic) bond motifs is 4. The van der Waals surface area contributed by atoms with Crippen molar-refractivity contribution in [3.63, 3.8) is 0 Å². The van der Waals surface area contributed by atoms with Crippen LogP contribution in [0.4, 0.5) is 10.5 Å². The Kier molecular flexibility index (Phi) is 6.01. The monoisotopic (exact) mass is 393 g/mol. The van der Waals surface area contributed by atoms with Crippen molar-refractivity contribution in [2.45, 2.75) is 45.8 Å². The molecule has 2 heterocycles. The number of ether oxygens (including phenoxy) is 1. The van der Waals surface area contributed by atoms with Crippen LogP contribution >= 0.6 is 0 Å². The van der Waals surface area contributed by atoms with Crippen LogP contribution in [0.2, 0.25) is 0 Å². The van der Waals surface area contributed by atoms with E-state index in [2.05, 4.69) is 15.6 Å². The maximum Gasteiger partial charge on any atom is 0.408 e. The highest BCUT2D eigenvalue weighted by Gasteiger charge is 2.22. The second-order valence-corrected chi connectivity index (χ2v) is 8.19. The highest BCUT2D eigenvalue weighted by atomic mass is 16.6. The van der Waals surface area contributed by atoms with Crippen LogP contribution in [0.25, 0.3) is 11.1 Å². The van der Waals surface area contributed by atoms with Crippen molar-refractivity contribution in [2.75, 3.05) is 5.32 Å². The van der Waals surface area contributed by atoms with Gasteiger partial charge in [-0.25, -0.2) is 4.79 Å². The molecule has 2 bridgehead atoms. The lowest BCUT2D eigenvalue weighted by Crippen LogP contribution is -2.35. The quantitative estimate of drug-likeness (QED) is 0.679. The minimum Gasteiger partial charge on any atom is -0.444 e. The van der Waals surface area contributed by atoms with E-state index in [1.54, 1.807) is 12.4 Å². The van der Waals surface area contributed by atoms with Gasteiger partial charge in [0.25, 0.3) is 0 Å². The van der Waals surface area contributed by atoms with E-state index < -0.39 is 11.7 Å². The van der Waals surface area contributed by atoms with Crippen LogP contribution in [-0.4, -0.2) is 22.6 Å². The van der Waals surface area contributed by atoms with Crippen LogP contribution < -0.4 is 10.6 Å². The summed E-state index contributed by atoms with van der Waals surface area (Å²) in [5.41, 5.74) is 2.76. The lowest BCUT2D eigenvalue weighted by molar-refractivity contribution is -0.118. The molecule has 0 radical (unpaired) electrons. The Morgan fingerprint density at radius 1 is 1.24 bits per heavy atom. The van der Waals surface area contributed by atoms with E-state index in [1.807, 2.05) is 70.2 Å². The van der Waals surface area contributed by atoms with Crippen molar-refractivity contribution in [1.82, 2.24) is 10.3 Å². The van der Waals surface area contributed by atoms with Gasteiger partial charge in [0.1, 0.15) is 5.60 Å². The number of nitrogens with one attached hydrogen (secondary N) is 2. The number of amides is 2. The van der Waals surface area contributed by atoms with Gasteiger partial charge in [0, 0.05) is 29.2 Å². The molecule has 1 aromatic carbocycles. The molecule has 0 aliphatic carbocycles. The number of hydrogen-bond acceptors (Lipinski definition) is 4. The van der Waals surface area contributed by atoms with Gasteiger partial charge in [-0.05, 0) is 44.9 Å². The Morgan fingerprint density at radius 2 is 2.00 bits per heavy atom. The van der Waals surface area contributed by atoms with E-state index in [0.717, 1.165) is 22.4 Å². The van der Waals surface area contributed by atoms with Crippen molar-refractivity contribution in [2.24, 2.45) is 5.92 Å². The van der Waals surface area contributed by atoms with Crippen molar-refractivity contribution in [3.05, 3.63) is 60.4 Å². The summed E-state index contributed by atoms with van der Waals surface area (Å²) in [4.78, 5) is 29.3. The summed E-state index contributed by atoms with van der Waals surface area (Å²) in [6, 6.07) is 9.28. The Morgan fingerprint density at radius 3 is 2.76 bits per heavy atom. The first-order valence-electron chi connectivity index (χ1n) is 9.74. The number of anilines is 1. The molecule has 0 spiro atoms. The van der Waals surface area contributed by atoms with Gasteiger partial charge in [0.15, 0.2) is 0 Å². The fourth-order valence-corrected chi connectivity index (χ4v) is 3.12. The molecule has 6 nitrogen and oxygen atoms in total. The van der Waals surface area contributed by atoms with E-state index in [0.29, 0.717) is 6.42 Å². The van der Waals surface area contributed by atoms with Crippen LogP contribution in [0.15, 0.2) is 54.9 Å². The molecule has 152 valence electrons. The van der Waals surface area contributed by atoms with Crippen molar-refractivity contribution < 1.29 is 14.3 Å². The zero-order valence-corrected chi connectivity index (χ0v) is 17.2. The number of carbonyl (C=O) groups is 2. The number of hydrogen-bond donors (Lipinski definition) is 2. The summed E-state index contributed by atoms with van der Waals surface area (Å²) in [5, 5.41) is 5.93. The van der Waals surface area contributed by atoms with Crippen LogP contribution in [-0.2, 0) is 9.53 Å². The lowest BCUT2D eigenvalue weighted by atomic mass is 9.98. The maximum absolute atomic E-state index is 12.6. The molecule has 0 unspecified atom stereocenters. The molecular weight excluding hydrogens is 366 g/mol. The fourth-order valence-electron chi connectivity index (χ4n) is 3.12. The van der Waals surface area contributed by atoms with Crippen molar-refractivity contribution in [3.8, 4) is 11.1 Å². The van der Waals surface area contributed by atoms with E-state index >= 15 is 0 Å². The molecule has 2 N–H and O–H groups in total. The minimum absolute atomic E-state index is 0.0879. The van der Waals surface area contributed by atoms with Gasteiger partial charge in [-0.1, -0.05) is 37.3 Å². The summed E-state index contributed by atoms with van der Waals surface area (Å²) in [6.07, 6.45) is 7.29. The van der Waals surface area contributed by atoms with Gasteiger partial charge in [-0.15, -0.1) is 0 Å². The first kappa shape index (κ1) is 20.6. The summed E-state index contributed by atoms with van der Waals surface area (Å²) in [5.74, 6) is -0.392. The third kappa shape index (κ3) is 5.44. The summed E-state index contributed by atoms with van der Waals surface area (Å²) in [7, 11) is 0. The molecule has 1 aliphatic heterocycles. The molecule has 29 heavy (non-hydrogen) atoms. The molecule has 0 fully saturated rings. The summed E-state index contributed by atoms with van der Waals surface area (Å²) in [6.45, 7) is 7.32. The maximum atomic E-state index is 12.6. The Balaban J connectivity index is 2.01. The molecule has 0 saturated heterocycles. The predicted octanol–water partition coefficient (Wildman–Crippen LogP) is 4.85. The highest BCUT2D eigenvalue weighted by Crippen LogP contribution is 2.31. The van der Waals surface area contributed by atoms with E-state index in [4.69, 9.17) is 4.74 Å². The first-order chi connectivity index (χ1) is 13.7. The zero-order chi connectivity index (χ0) is 21.0. The largest absolute Gasteiger partial charge is 0.444 e. The van der Waals surface area contributed by atoms with Crippen LogP contribution in [0.3, 0.4) is 0 Å². The zero-order valence-electron chi connectivity index (χ0n) is 17.2. The molecule has 2 atom stereocenters. The third-order valence-corrected chi connectivity index (χ3v) is 4.56. The number of carbonyl (C=O) groups excluding carboxylic acids is 2. The second-order valence-electron chi connectivity index (χ2n) is 8.19. The molecule has 1 aromatic heterocycles. The molecule has 1 aliphatic rings. The molecular formula is C23H27N3O3. The van der Waals surface area contributed by atoms with Crippen molar-refractivity contribution >= 4 is 17.7 Å². The van der Waals surface area contributed by atoms with Crippen LogP contribution in [0, 0.1) is 5.92 Å². The van der Waals surface area contributed by atoms with Gasteiger partial charge in [0.05, 0.1) is 12.0 Å². The number of nitrogens with zero attached hydrogens (tertiary/aromatic N) is 1. The molecule has 0 saturated carbocycles. The third-order valence-electron chi connectivity index (χ3n) is 4.56. The number of alkyl carbamates (subject to hydrolysis) is 1. The standard InChI is InChI=1S/C23H27N3O3/c1-15-8-7-11-19(26-22(28)29-23(2,3)4)17-12-16(13-24-14-17)18-9-5-6-10-20(18)25-21(15)27/h5-10,12-15,19H,11H2,1-4H3,(H,25,27)(H,26,28)/b8-7+/t15-,19+/m1/s1. The SMILES string of the molecule is C[C@@H]1/C=C/C[C@H](NC(=O)OC(C)(C)C)c2cncc(c2)-c2ccccc2NC1=O. The summed E-state index contributed by atoms with van der Waals surface area (Å²) < 4.78 is 5.42. The second kappa shape index (κ2) is 8.47. The number of para-hydroxylation sites is 1. The van der Waals surface area contributed by atoms with Crippen LogP contribution in [0.1, 0.15) is 45.7 Å². The Labute approximate surface area is 171 Å². The van der Waals surface area contributed by atoms with Crippen molar-refractivity contribution in [1.29, 1.82) is 0 Å². The molecule has 6 heteroatoms. The predicted molar refractivity (Wildman–Crippen MR) is 113 cm³/mol. The Bertz CT molecular complexity index is 931. The topological polar surface area (TPSA) is 80.3 Å². The smallest absolute Gasteiger partial charge is 0.408 e. The summed E-state index contributed by atoms with van der Waals surface area (Å²) >= 11 is 0. The molecule has 2 aromatic rings. The van der Waals surface area contributed by atoms with Gasteiger partial charge in [-0.2, -0.15) is 0 Å². The van der Waals surface area contributed by atoms with Gasteiger partial charge >= 0.3 is 6.09 Å².